The van der Waals surface area contributed by atoms with Crippen molar-refractivity contribution in [2.24, 2.45) is 0 Å². The molecule has 0 unspecified atom stereocenters. The summed E-state index contributed by atoms with van der Waals surface area (Å²) in [7, 11) is 3.20. The SMILES string of the molecule is C=C(C=C1CC1)O/C(=C\CCC)c1ccccc1.C=C/C(=C\C=C/C)c1ncc(NC)c(=O)n1CC(=C)OC.C=C/C=C\C.CCCC. The lowest BCUT2D eigenvalue weighted by atomic mass is 10.1. The quantitative estimate of drug-likeness (QED) is 0.153. The van der Waals surface area contributed by atoms with Gasteiger partial charge in [-0.2, -0.15) is 0 Å². The van der Waals surface area contributed by atoms with Gasteiger partial charge in [0.05, 0.1) is 19.9 Å². The topological polar surface area (TPSA) is 65.4 Å². The summed E-state index contributed by atoms with van der Waals surface area (Å²) in [5.41, 5.74) is 3.52. The molecular weight excluding hydrogens is 594 g/mol. The summed E-state index contributed by atoms with van der Waals surface area (Å²) in [5, 5.41) is 2.83. The van der Waals surface area contributed by atoms with Crippen molar-refractivity contribution in [3.05, 3.63) is 156 Å². The third-order valence-electron chi connectivity index (χ3n) is 6.54. The molecule has 6 nitrogen and oxygen atoms in total. The molecule has 0 amide bonds. The summed E-state index contributed by atoms with van der Waals surface area (Å²) in [6.07, 6.45) is 25.7. The van der Waals surface area contributed by atoms with E-state index in [1.54, 1.807) is 19.2 Å². The third-order valence-corrected chi connectivity index (χ3v) is 6.54. The van der Waals surface area contributed by atoms with E-state index in [1.807, 2.05) is 62.4 Å². The van der Waals surface area contributed by atoms with E-state index in [-0.39, 0.29) is 12.1 Å². The zero-order chi connectivity index (χ0) is 36.2. The first-order chi connectivity index (χ1) is 23.2. The zero-order valence-corrected chi connectivity index (χ0v) is 30.6. The van der Waals surface area contributed by atoms with E-state index in [1.165, 1.54) is 49.1 Å². The Hall–Kier alpha value is -4.84. The lowest BCUT2D eigenvalue weighted by Crippen LogP contribution is -2.27. The molecule has 1 aromatic heterocycles. The molecule has 0 spiro atoms. The molecule has 6 heteroatoms. The maximum absolute atomic E-state index is 12.5. The fourth-order valence-electron chi connectivity index (χ4n) is 3.56. The molecule has 1 N–H and O–H groups in total. The van der Waals surface area contributed by atoms with Gasteiger partial charge in [0, 0.05) is 18.2 Å². The van der Waals surface area contributed by atoms with Crippen LogP contribution in [0.15, 0.2) is 139 Å². The number of unbranched alkanes of at least 4 members (excludes halogenated alkanes) is 2. The molecule has 48 heavy (non-hydrogen) atoms. The Morgan fingerprint density at radius 1 is 1.00 bits per heavy atom. The van der Waals surface area contributed by atoms with E-state index < -0.39 is 0 Å². The minimum absolute atomic E-state index is 0.186. The summed E-state index contributed by atoms with van der Waals surface area (Å²) in [6, 6.07) is 10.2. The highest BCUT2D eigenvalue weighted by atomic mass is 16.5. The van der Waals surface area contributed by atoms with Gasteiger partial charge in [0.2, 0.25) is 0 Å². The average Bonchev–Trinajstić information content (AvgIpc) is 3.93. The molecular formula is C42H59N3O3. The van der Waals surface area contributed by atoms with Crippen LogP contribution in [0, 0.1) is 0 Å². The van der Waals surface area contributed by atoms with Crippen LogP contribution in [0.25, 0.3) is 11.3 Å². The van der Waals surface area contributed by atoms with Gasteiger partial charge in [-0.15, -0.1) is 0 Å². The van der Waals surface area contributed by atoms with E-state index in [2.05, 4.69) is 81.7 Å². The minimum Gasteiger partial charge on any atom is -0.500 e. The number of methoxy groups -OCH3 is 1. The molecule has 1 heterocycles. The van der Waals surface area contributed by atoms with Gasteiger partial charge in [0.25, 0.3) is 5.56 Å². The number of rotatable bonds is 15. The van der Waals surface area contributed by atoms with E-state index in [0.717, 1.165) is 35.5 Å². The molecule has 1 aromatic carbocycles. The summed E-state index contributed by atoms with van der Waals surface area (Å²) in [5.74, 6) is 2.65. The second-order valence-electron chi connectivity index (χ2n) is 10.6. The number of benzene rings is 1. The highest BCUT2D eigenvalue weighted by Gasteiger charge is 2.13. The van der Waals surface area contributed by atoms with Gasteiger partial charge in [0.1, 0.15) is 28.8 Å². The molecule has 0 atom stereocenters. The molecule has 0 bridgehead atoms. The smallest absolute Gasteiger partial charge is 0.277 e. The van der Waals surface area contributed by atoms with Crippen LogP contribution in [0.2, 0.25) is 0 Å². The summed E-state index contributed by atoms with van der Waals surface area (Å²) < 4.78 is 12.5. The van der Waals surface area contributed by atoms with Gasteiger partial charge >= 0.3 is 0 Å². The molecule has 1 aliphatic carbocycles. The van der Waals surface area contributed by atoms with Crippen LogP contribution in [0.1, 0.15) is 84.5 Å². The van der Waals surface area contributed by atoms with Crippen LogP contribution < -0.4 is 10.9 Å². The van der Waals surface area contributed by atoms with Crippen molar-refractivity contribution in [1.29, 1.82) is 0 Å². The summed E-state index contributed by atoms with van der Waals surface area (Å²) in [4.78, 5) is 16.8. The Morgan fingerprint density at radius 2 is 1.65 bits per heavy atom. The Balaban J connectivity index is 0.000000739. The fraction of sp³-hybridized carbons (Fsp3) is 0.333. The zero-order valence-electron chi connectivity index (χ0n) is 30.6. The largest absolute Gasteiger partial charge is 0.500 e. The maximum Gasteiger partial charge on any atom is 0.277 e. The van der Waals surface area contributed by atoms with Crippen molar-refractivity contribution in [3.63, 3.8) is 0 Å². The van der Waals surface area contributed by atoms with Gasteiger partial charge < -0.3 is 14.8 Å². The molecule has 1 saturated carbocycles. The Bertz CT molecular complexity index is 1460. The van der Waals surface area contributed by atoms with Crippen molar-refractivity contribution in [1.82, 2.24) is 9.55 Å². The third kappa shape index (κ3) is 18.3. The standard InChI is InChI=1S/C17H20O.C16H21N3O2.C5H8.C4H10/c1-3-4-10-17(16-8-6-5-7-9-16)18-14(2)13-15-11-12-15;1-6-8-9-13(7-2)15-18-10-14(17-4)16(20)19(15)11-12(3)21-5;1-3-5-4-2;1-3-4-2/h5-10,13H,2-4,11-12H2,1H3;6-10,17H,2-3,11H2,1,4-5H3;3-5H,1H2,2H3;3-4H2,1-2H3/b17-10-;8-6-,13-9+;5-4-;. The summed E-state index contributed by atoms with van der Waals surface area (Å²) >= 11 is 0. The Morgan fingerprint density at radius 3 is 2.10 bits per heavy atom. The molecule has 0 radical (unpaired) electrons. The highest BCUT2D eigenvalue weighted by molar-refractivity contribution is 5.71. The lowest BCUT2D eigenvalue weighted by molar-refractivity contribution is 0.270. The minimum atomic E-state index is -0.186. The monoisotopic (exact) mass is 653 g/mol. The van der Waals surface area contributed by atoms with Gasteiger partial charge in [-0.05, 0) is 45.3 Å². The number of anilines is 1. The van der Waals surface area contributed by atoms with Crippen LogP contribution in [-0.2, 0) is 16.0 Å². The lowest BCUT2D eigenvalue weighted by Gasteiger charge is -2.14. The first kappa shape index (κ1) is 43.2. The van der Waals surface area contributed by atoms with Crippen molar-refractivity contribution in [2.75, 3.05) is 19.5 Å². The number of aromatic nitrogens is 2. The fourth-order valence-corrected chi connectivity index (χ4v) is 3.56. The van der Waals surface area contributed by atoms with Crippen molar-refractivity contribution < 1.29 is 9.47 Å². The molecule has 3 rings (SSSR count). The van der Waals surface area contributed by atoms with Crippen LogP contribution >= 0.6 is 0 Å². The average molecular weight is 654 g/mol. The van der Waals surface area contributed by atoms with E-state index in [9.17, 15) is 4.79 Å². The predicted molar refractivity (Wildman–Crippen MR) is 210 cm³/mol. The second-order valence-corrected chi connectivity index (χ2v) is 10.6. The van der Waals surface area contributed by atoms with Crippen LogP contribution in [0.5, 0.6) is 0 Å². The Kier molecular flexibility index (Phi) is 24.5. The first-order valence-corrected chi connectivity index (χ1v) is 16.7. The second kappa shape index (κ2) is 27.3. The van der Waals surface area contributed by atoms with Gasteiger partial charge in [-0.3, -0.25) is 9.36 Å². The highest BCUT2D eigenvalue weighted by Crippen LogP contribution is 2.30. The van der Waals surface area contributed by atoms with Crippen LogP contribution in [-0.4, -0.2) is 23.7 Å². The molecule has 0 saturated heterocycles. The predicted octanol–water partition coefficient (Wildman–Crippen LogP) is 11.2. The number of nitrogens with zero attached hydrogens (tertiary/aromatic N) is 2. The molecule has 1 aliphatic rings. The number of hydrogen-bond acceptors (Lipinski definition) is 5. The van der Waals surface area contributed by atoms with Crippen LogP contribution in [0.3, 0.4) is 0 Å². The molecule has 260 valence electrons. The first-order valence-electron chi connectivity index (χ1n) is 16.7. The summed E-state index contributed by atoms with van der Waals surface area (Å²) in [6.45, 7) is 25.6. The van der Waals surface area contributed by atoms with E-state index >= 15 is 0 Å². The number of nitrogens with one attached hydrogen (secondary N) is 1. The molecule has 1 fully saturated rings. The normalized spacial score (nSPS) is 11.9. The van der Waals surface area contributed by atoms with E-state index in [4.69, 9.17) is 9.47 Å². The van der Waals surface area contributed by atoms with E-state index in [0.29, 0.717) is 17.3 Å². The number of allylic oxidation sites excluding steroid dienone is 12. The van der Waals surface area contributed by atoms with Crippen molar-refractivity contribution >= 4 is 17.0 Å². The van der Waals surface area contributed by atoms with Crippen LogP contribution in [0.4, 0.5) is 5.69 Å². The molecule has 2 aromatic rings. The maximum atomic E-state index is 12.5. The van der Waals surface area contributed by atoms with Gasteiger partial charge in [-0.1, -0.05) is 145 Å². The van der Waals surface area contributed by atoms with Crippen molar-refractivity contribution in [3.8, 4) is 0 Å². The Labute approximate surface area is 291 Å². The number of ether oxygens (including phenoxy) is 2. The van der Waals surface area contributed by atoms with Gasteiger partial charge in [0.15, 0.2) is 0 Å². The van der Waals surface area contributed by atoms with Crippen molar-refractivity contribution in [2.45, 2.75) is 79.7 Å². The number of hydrogen-bond donors (Lipinski definition) is 1. The van der Waals surface area contributed by atoms with Gasteiger partial charge in [-0.25, -0.2) is 4.98 Å². The molecule has 0 aliphatic heterocycles.